The third-order valence-electron chi connectivity index (χ3n) is 3.36. The minimum absolute atomic E-state index is 0.112. The van der Waals surface area contributed by atoms with Crippen molar-refractivity contribution in [3.8, 4) is 11.5 Å². The molecule has 0 fully saturated rings. The van der Waals surface area contributed by atoms with Gasteiger partial charge in [-0.15, -0.1) is 0 Å². The first-order valence-corrected chi connectivity index (χ1v) is 7.31. The van der Waals surface area contributed by atoms with Crippen molar-refractivity contribution in [1.29, 1.82) is 0 Å². The van der Waals surface area contributed by atoms with Gasteiger partial charge in [0.25, 0.3) is 5.91 Å². The Kier molecular flexibility index (Phi) is 5.74. The molecule has 0 aliphatic heterocycles. The zero-order valence-electron chi connectivity index (χ0n) is 13.2. The molecule has 0 radical (unpaired) electrons. The van der Waals surface area contributed by atoms with Gasteiger partial charge in [0.1, 0.15) is 6.29 Å². The molecular weight excluding hydrogens is 294 g/mol. The standard InChI is InChI=1S/C18H19NO4/c1-3-19(15-7-5-4-6-8-15)18(21)13-23-16-10-9-14(12-20)11-17(16)22-2/h4-12H,3,13H2,1-2H3. The highest BCUT2D eigenvalue weighted by atomic mass is 16.5. The van der Waals surface area contributed by atoms with Gasteiger partial charge in [0, 0.05) is 17.8 Å². The third-order valence-corrected chi connectivity index (χ3v) is 3.36. The molecule has 0 N–H and O–H groups in total. The predicted octanol–water partition coefficient (Wildman–Crippen LogP) is 2.94. The maximum atomic E-state index is 12.4. The van der Waals surface area contributed by atoms with Crippen LogP contribution in [-0.4, -0.2) is 32.5 Å². The van der Waals surface area contributed by atoms with Crippen LogP contribution in [0.1, 0.15) is 17.3 Å². The van der Waals surface area contributed by atoms with Gasteiger partial charge in [0.15, 0.2) is 18.1 Å². The van der Waals surface area contributed by atoms with Crippen molar-refractivity contribution in [3.63, 3.8) is 0 Å². The van der Waals surface area contributed by atoms with Gasteiger partial charge < -0.3 is 14.4 Å². The normalized spacial score (nSPS) is 10.0. The first kappa shape index (κ1) is 16.5. The molecule has 0 unspecified atom stereocenters. The Labute approximate surface area is 135 Å². The van der Waals surface area contributed by atoms with Crippen molar-refractivity contribution in [1.82, 2.24) is 0 Å². The van der Waals surface area contributed by atoms with E-state index in [9.17, 15) is 9.59 Å². The predicted molar refractivity (Wildman–Crippen MR) is 88.3 cm³/mol. The van der Waals surface area contributed by atoms with Crippen LogP contribution in [0.2, 0.25) is 0 Å². The lowest BCUT2D eigenvalue weighted by molar-refractivity contribution is -0.120. The number of amides is 1. The third kappa shape index (κ3) is 4.10. The Bertz CT molecular complexity index is 670. The van der Waals surface area contributed by atoms with Crippen LogP contribution in [0, 0.1) is 0 Å². The summed E-state index contributed by atoms with van der Waals surface area (Å²) in [4.78, 5) is 24.8. The van der Waals surface area contributed by atoms with E-state index in [1.165, 1.54) is 7.11 Å². The number of anilines is 1. The average Bonchev–Trinajstić information content (AvgIpc) is 2.61. The van der Waals surface area contributed by atoms with Gasteiger partial charge in [0.2, 0.25) is 0 Å². The first-order valence-electron chi connectivity index (χ1n) is 7.31. The molecule has 0 atom stereocenters. The fourth-order valence-electron chi connectivity index (χ4n) is 2.20. The second-order valence-electron chi connectivity index (χ2n) is 4.79. The van der Waals surface area contributed by atoms with Crippen molar-refractivity contribution in [2.45, 2.75) is 6.92 Å². The molecule has 0 aliphatic carbocycles. The average molecular weight is 313 g/mol. The fourth-order valence-corrected chi connectivity index (χ4v) is 2.20. The SMILES string of the molecule is CCN(C(=O)COc1ccc(C=O)cc1OC)c1ccccc1. The van der Waals surface area contributed by atoms with Crippen LogP contribution in [0.15, 0.2) is 48.5 Å². The Balaban J connectivity index is 2.07. The topological polar surface area (TPSA) is 55.8 Å². The molecule has 5 heteroatoms. The van der Waals surface area contributed by atoms with Crippen molar-refractivity contribution < 1.29 is 19.1 Å². The Morgan fingerprint density at radius 1 is 1.13 bits per heavy atom. The molecule has 2 rings (SSSR count). The van der Waals surface area contributed by atoms with E-state index in [0.717, 1.165) is 12.0 Å². The summed E-state index contributed by atoms with van der Waals surface area (Å²) >= 11 is 0. The van der Waals surface area contributed by atoms with E-state index in [2.05, 4.69) is 0 Å². The highest BCUT2D eigenvalue weighted by molar-refractivity contribution is 5.94. The van der Waals surface area contributed by atoms with E-state index in [1.807, 2.05) is 37.3 Å². The summed E-state index contributed by atoms with van der Waals surface area (Å²) in [6.07, 6.45) is 0.728. The molecule has 23 heavy (non-hydrogen) atoms. The van der Waals surface area contributed by atoms with E-state index < -0.39 is 0 Å². The second kappa shape index (κ2) is 7.98. The number of hydrogen-bond donors (Lipinski definition) is 0. The molecule has 0 bridgehead atoms. The molecule has 0 aromatic heterocycles. The molecule has 2 aromatic carbocycles. The maximum Gasteiger partial charge on any atom is 0.264 e. The summed E-state index contributed by atoms with van der Waals surface area (Å²) in [5.41, 5.74) is 1.31. The molecule has 5 nitrogen and oxygen atoms in total. The summed E-state index contributed by atoms with van der Waals surface area (Å²) in [5, 5.41) is 0. The zero-order chi connectivity index (χ0) is 16.7. The number of carbonyl (C=O) groups is 2. The molecule has 0 spiro atoms. The largest absolute Gasteiger partial charge is 0.493 e. The lowest BCUT2D eigenvalue weighted by Gasteiger charge is -2.21. The number of ether oxygens (including phenoxy) is 2. The summed E-state index contributed by atoms with van der Waals surface area (Å²) in [6, 6.07) is 14.2. The van der Waals surface area contributed by atoms with E-state index in [4.69, 9.17) is 9.47 Å². The lowest BCUT2D eigenvalue weighted by atomic mass is 10.2. The quantitative estimate of drug-likeness (QED) is 0.738. The summed E-state index contributed by atoms with van der Waals surface area (Å²) < 4.78 is 10.7. The van der Waals surface area contributed by atoms with Crippen molar-refractivity contribution in [2.24, 2.45) is 0 Å². The van der Waals surface area contributed by atoms with E-state index in [0.29, 0.717) is 23.6 Å². The number of methoxy groups -OCH3 is 1. The van der Waals surface area contributed by atoms with Gasteiger partial charge in [-0.25, -0.2) is 0 Å². The van der Waals surface area contributed by atoms with Gasteiger partial charge in [-0.1, -0.05) is 18.2 Å². The van der Waals surface area contributed by atoms with E-state index in [-0.39, 0.29) is 12.5 Å². The first-order chi connectivity index (χ1) is 11.2. The monoisotopic (exact) mass is 313 g/mol. The van der Waals surface area contributed by atoms with E-state index >= 15 is 0 Å². The van der Waals surface area contributed by atoms with Crippen molar-refractivity contribution in [2.75, 3.05) is 25.2 Å². The molecule has 120 valence electrons. The van der Waals surface area contributed by atoms with Crippen LogP contribution in [0.5, 0.6) is 11.5 Å². The zero-order valence-corrected chi connectivity index (χ0v) is 13.2. The van der Waals surface area contributed by atoms with Crippen LogP contribution in [0.3, 0.4) is 0 Å². The number of para-hydroxylation sites is 1. The molecule has 0 heterocycles. The molecule has 0 saturated heterocycles. The van der Waals surface area contributed by atoms with Gasteiger partial charge in [0.05, 0.1) is 7.11 Å². The fraction of sp³-hybridized carbons (Fsp3) is 0.222. The molecule has 0 aliphatic rings. The summed E-state index contributed by atoms with van der Waals surface area (Å²) in [6.45, 7) is 2.34. The second-order valence-corrected chi connectivity index (χ2v) is 4.79. The van der Waals surface area contributed by atoms with Gasteiger partial charge in [-0.05, 0) is 37.3 Å². The summed E-state index contributed by atoms with van der Waals surface area (Å²) in [5.74, 6) is 0.695. The number of nitrogens with zero attached hydrogens (tertiary/aromatic N) is 1. The highest BCUT2D eigenvalue weighted by Crippen LogP contribution is 2.27. The minimum atomic E-state index is -0.153. The van der Waals surface area contributed by atoms with Crippen LogP contribution >= 0.6 is 0 Å². The highest BCUT2D eigenvalue weighted by Gasteiger charge is 2.15. The Morgan fingerprint density at radius 2 is 1.87 bits per heavy atom. The van der Waals surface area contributed by atoms with Gasteiger partial charge >= 0.3 is 0 Å². The van der Waals surface area contributed by atoms with Gasteiger partial charge in [-0.2, -0.15) is 0 Å². The number of carbonyl (C=O) groups excluding carboxylic acids is 2. The maximum absolute atomic E-state index is 12.4. The Hall–Kier alpha value is -2.82. The number of benzene rings is 2. The van der Waals surface area contributed by atoms with Crippen LogP contribution < -0.4 is 14.4 Å². The van der Waals surface area contributed by atoms with Crippen LogP contribution in [0.4, 0.5) is 5.69 Å². The van der Waals surface area contributed by atoms with Crippen LogP contribution in [-0.2, 0) is 4.79 Å². The Morgan fingerprint density at radius 3 is 2.48 bits per heavy atom. The molecule has 0 saturated carbocycles. The number of aldehydes is 1. The number of hydrogen-bond acceptors (Lipinski definition) is 4. The van der Waals surface area contributed by atoms with Gasteiger partial charge in [-0.3, -0.25) is 9.59 Å². The molecular formula is C18H19NO4. The minimum Gasteiger partial charge on any atom is -0.493 e. The smallest absolute Gasteiger partial charge is 0.264 e. The molecule has 1 amide bonds. The van der Waals surface area contributed by atoms with Crippen LogP contribution in [0.25, 0.3) is 0 Å². The number of likely N-dealkylation sites (N-methyl/N-ethyl adjacent to an activating group) is 1. The lowest BCUT2D eigenvalue weighted by Crippen LogP contribution is -2.34. The number of rotatable bonds is 7. The van der Waals surface area contributed by atoms with E-state index in [1.54, 1.807) is 23.1 Å². The summed E-state index contributed by atoms with van der Waals surface area (Å²) in [7, 11) is 1.49. The molecule has 2 aromatic rings. The van der Waals surface area contributed by atoms with Crippen molar-refractivity contribution >= 4 is 17.9 Å². The van der Waals surface area contributed by atoms with Crippen molar-refractivity contribution in [3.05, 3.63) is 54.1 Å².